The highest BCUT2D eigenvalue weighted by molar-refractivity contribution is 6.06. The van der Waals surface area contributed by atoms with Gasteiger partial charge in [0, 0.05) is 19.5 Å². The molecule has 1 aromatic rings. The largest absolute Gasteiger partial charge is 0.352 e. The number of carbonyl (C=O) groups is 3. The number of imide groups is 1. The lowest BCUT2D eigenvalue weighted by Crippen LogP contribution is -2.40. The number of rotatable bonds is 5. The standard InChI is InChI=1S/C21H22N2O3/c24-17(22-11-12-4-2-1-3-5-12)8-9-23-20(25)18-13-6-7-14(16-10-15(13)16)19(18)21(23)26/h1-7,13-16,18-19H,8-11H2,(H,22,24)/t13-,14-,15-,16-,18-,19+/m1/s1. The van der Waals surface area contributed by atoms with Crippen LogP contribution in [0.25, 0.3) is 0 Å². The number of hydrogen-bond acceptors (Lipinski definition) is 3. The van der Waals surface area contributed by atoms with Crippen molar-refractivity contribution in [2.45, 2.75) is 19.4 Å². The maximum atomic E-state index is 12.8. The van der Waals surface area contributed by atoms with Crippen LogP contribution in [0, 0.1) is 35.5 Å². The summed E-state index contributed by atoms with van der Waals surface area (Å²) in [6.45, 7) is 0.657. The van der Waals surface area contributed by atoms with Crippen molar-refractivity contribution in [1.29, 1.82) is 0 Å². The number of amides is 3. The fourth-order valence-electron chi connectivity index (χ4n) is 5.34. The van der Waals surface area contributed by atoms with Crippen LogP contribution in [0.15, 0.2) is 42.5 Å². The molecule has 3 amide bonds. The first-order valence-corrected chi connectivity index (χ1v) is 9.49. The third-order valence-corrected chi connectivity index (χ3v) is 6.65. The van der Waals surface area contributed by atoms with Crippen molar-refractivity contribution in [1.82, 2.24) is 10.2 Å². The minimum absolute atomic E-state index is 0.0550. The fourth-order valence-corrected chi connectivity index (χ4v) is 5.34. The van der Waals surface area contributed by atoms with Gasteiger partial charge in [-0.05, 0) is 35.7 Å². The fraction of sp³-hybridized carbons (Fsp3) is 0.476. The Morgan fingerprint density at radius 2 is 1.62 bits per heavy atom. The maximum Gasteiger partial charge on any atom is 0.233 e. The summed E-state index contributed by atoms with van der Waals surface area (Å²) in [5, 5.41) is 2.86. The van der Waals surface area contributed by atoms with Gasteiger partial charge < -0.3 is 5.32 Å². The minimum atomic E-state index is -0.173. The van der Waals surface area contributed by atoms with E-state index in [2.05, 4.69) is 17.5 Å². The van der Waals surface area contributed by atoms with E-state index in [9.17, 15) is 14.4 Å². The highest BCUT2D eigenvalue weighted by Gasteiger charge is 2.66. The molecule has 1 heterocycles. The number of nitrogens with zero attached hydrogens (tertiary/aromatic N) is 1. The second kappa shape index (κ2) is 5.79. The molecule has 3 fully saturated rings. The minimum Gasteiger partial charge on any atom is -0.352 e. The van der Waals surface area contributed by atoms with Crippen molar-refractivity contribution in [2.75, 3.05) is 6.54 Å². The topological polar surface area (TPSA) is 66.5 Å². The van der Waals surface area contributed by atoms with E-state index in [0.29, 0.717) is 18.4 Å². The van der Waals surface area contributed by atoms with Gasteiger partial charge in [-0.15, -0.1) is 0 Å². The first-order valence-electron chi connectivity index (χ1n) is 9.49. The van der Waals surface area contributed by atoms with Gasteiger partial charge in [-0.1, -0.05) is 42.5 Å². The Morgan fingerprint density at radius 1 is 1.00 bits per heavy atom. The van der Waals surface area contributed by atoms with Gasteiger partial charge in [0.25, 0.3) is 0 Å². The average molecular weight is 350 g/mol. The molecule has 1 aromatic carbocycles. The zero-order valence-corrected chi connectivity index (χ0v) is 14.5. The summed E-state index contributed by atoms with van der Waals surface area (Å²) in [6, 6.07) is 9.69. The molecule has 1 aliphatic heterocycles. The van der Waals surface area contributed by atoms with E-state index in [1.807, 2.05) is 30.3 Å². The van der Waals surface area contributed by atoms with Crippen molar-refractivity contribution in [3.8, 4) is 0 Å². The number of benzene rings is 1. The van der Waals surface area contributed by atoms with Gasteiger partial charge in [0.1, 0.15) is 0 Å². The highest BCUT2D eigenvalue weighted by atomic mass is 16.2. The normalized spacial score (nSPS) is 36.1. The molecule has 5 heteroatoms. The van der Waals surface area contributed by atoms with E-state index in [0.717, 1.165) is 12.0 Å². The van der Waals surface area contributed by atoms with Crippen molar-refractivity contribution in [3.63, 3.8) is 0 Å². The molecule has 5 nitrogen and oxygen atoms in total. The number of hydrogen-bond donors (Lipinski definition) is 1. The van der Waals surface area contributed by atoms with Crippen LogP contribution < -0.4 is 5.32 Å². The summed E-state index contributed by atoms with van der Waals surface area (Å²) in [4.78, 5) is 39.2. The zero-order chi connectivity index (χ0) is 17.8. The molecular weight excluding hydrogens is 328 g/mol. The third kappa shape index (κ3) is 2.33. The van der Waals surface area contributed by atoms with E-state index in [4.69, 9.17) is 0 Å². The summed E-state index contributed by atoms with van der Waals surface area (Å²) in [5.74, 6) is 1.11. The van der Waals surface area contributed by atoms with Crippen molar-refractivity contribution < 1.29 is 14.4 Å². The average Bonchev–Trinajstić information content (AvgIpc) is 3.45. The number of likely N-dealkylation sites (tertiary alicyclic amines) is 1. The lowest BCUT2D eigenvalue weighted by atomic mass is 9.63. The molecular formula is C21H22N2O3. The van der Waals surface area contributed by atoms with Crippen LogP contribution >= 0.6 is 0 Å². The second-order valence-electron chi connectivity index (χ2n) is 8.00. The van der Waals surface area contributed by atoms with Gasteiger partial charge in [0.15, 0.2) is 0 Å². The van der Waals surface area contributed by atoms with Crippen LogP contribution in [0.3, 0.4) is 0 Å². The Kier molecular flexibility index (Phi) is 3.52. The van der Waals surface area contributed by atoms with Crippen molar-refractivity contribution >= 4 is 17.7 Å². The molecule has 134 valence electrons. The van der Waals surface area contributed by atoms with E-state index < -0.39 is 0 Å². The molecule has 0 radical (unpaired) electrons. The molecule has 2 bridgehead atoms. The van der Waals surface area contributed by atoms with E-state index in [1.54, 1.807) is 0 Å². The van der Waals surface area contributed by atoms with E-state index in [1.165, 1.54) is 4.90 Å². The molecule has 0 spiro atoms. The van der Waals surface area contributed by atoms with Gasteiger partial charge in [0.2, 0.25) is 17.7 Å². The predicted molar refractivity (Wildman–Crippen MR) is 94.3 cm³/mol. The SMILES string of the molecule is O=C(CCN1C(=O)[C@@H]2[C@@H]3C=C[C@H]([C@H]4C[C@H]34)[C@@H]2C1=O)NCc1ccccc1. The number of nitrogens with one attached hydrogen (secondary N) is 1. The van der Waals surface area contributed by atoms with Crippen LogP contribution in [0.5, 0.6) is 0 Å². The quantitative estimate of drug-likeness (QED) is 0.650. The number of carbonyl (C=O) groups excluding carboxylic acids is 3. The lowest BCUT2D eigenvalue weighted by molar-refractivity contribution is -0.140. The first kappa shape index (κ1) is 15.8. The van der Waals surface area contributed by atoms with Crippen molar-refractivity contribution in [3.05, 3.63) is 48.0 Å². The van der Waals surface area contributed by atoms with E-state index >= 15 is 0 Å². The second-order valence-corrected chi connectivity index (χ2v) is 8.00. The van der Waals surface area contributed by atoms with Crippen LogP contribution in [0.4, 0.5) is 0 Å². The summed E-state index contributed by atoms with van der Waals surface area (Å²) in [7, 11) is 0. The summed E-state index contributed by atoms with van der Waals surface area (Å²) in [6.07, 6.45) is 5.67. The van der Waals surface area contributed by atoms with Gasteiger partial charge in [-0.25, -0.2) is 0 Å². The molecule has 26 heavy (non-hydrogen) atoms. The molecule has 0 unspecified atom stereocenters. The molecule has 1 N–H and O–H groups in total. The van der Waals surface area contributed by atoms with Gasteiger partial charge in [-0.2, -0.15) is 0 Å². The Bertz CT molecular complexity index is 767. The Balaban J connectivity index is 1.20. The molecule has 0 aromatic heterocycles. The molecule has 6 atom stereocenters. The number of allylic oxidation sites excluding steroid dienone is 2. The summed E-state index contributed by atoms with van der Waals surface area (Å²) >= 11 is 0. The summed E-state index contributed by atoms with van der Waals surface area (Å²) < 4.78 is 0. The Labute approximate surface area is 152 Å². The highest BCUT2D eigenvalue weighted by Crippen LogP contribution is 2.65. The first-order chi connectivity index (χ1) is 12.6. The summed E-state index contributed by atoms with van der Waals surface area (Å²) in [5.41, 5.74) is 1.03. The predicted octanol–water partition coefficient (Wildman–Crippen LogP) is 1.75. The smallest absolute Gasteiger partial charge is 0.233 e. The Morgan fingerprint density at radius 3 is 2.23 bits per heavy atom. The molecule has 4 aliphatic carbocycles. The van der Waals surface area contributed by atoms with E-state index in [-0.39, 0.29) is 54.4 Å². The van der Waals surface area contributed by atoms with Gasteiger partial charge >= 0.3 is 0 Å². The molecule has 5 aliphatic rings. The monoisotopic (exact) mass is 350 g/mol. The van der Waals surface area contributed by atoms with Crippen LogP contribution in [-0.4, -0.2) is 29.2 Å². The Hall–Kier alpha value is -2.43. The van der Waals surface area contributed by atoms with Crippen LogP contribution in [-0.2, 0) is 20.9 Å². The maximum absolute atomic E-state index is 12.8. The van der Waals surface area contributed by atoms with Gasteiger partial charge in [-0.3, -0.25) is 19.3 Å². The van der Waals surface area contributed by atoms with Crippen LogP contribution in [0.2, 0.25) is 0 Å². The zero-order valence-electron chi connectivity index (χ0n) is 14.5. The molecule has 1 saturated heterocycles. The third-order valence-electron chi connectivity index (χ3n) is 6.65. The lowest BCUT2D eigenvalue weighted by Gasteiger charge is -2.37. The molecule has 2 saturated carbocycles. The van der Waals surface area contributed by atoms with Gasteiger partial charge in [0.05, 0.1) is 11.8 Å². The molecule has 6 rings (SSSR count). The van der Waals surface area contributed by atoms with Crippen molar-refractivity contribution in [2.24, 2.45) is 35.5 Å². The van der Waals surface area contributed by atoms with Crippen LogP contribution in [0.1, 0.15) is 18.4 Å².